The maximum atomic E-state index is 13.2. The van der Waals surface area contributed by atoms with Crippen LogP contribution in [0.15, 0.2) is 24.3 Å². The fourth-order valence-corrected chi connectivity index (χ4v) is 1.56. The molecule has 1 aromatic carbocycles. The number of ketones is 1. The van der Waals surface area contributed by atoms with E-state index in [2.05, 4.69) is 0 Å². The number of hydrogen-bond donors (Lipinski definition) is 1. The predicted molar refractivity (Wildman–Crippen MR) is 62.6 cm³/mol. The molecule has 0 bridgehead atoms. The van der Waals surface area contributed by atoms with Gasteiger partial charge in [-0.15, -0.1) is 0 Å². The highest BCUT2D eigenvalue weighted by Crippen LogP contribution is 2.09. The summed E-state index contributed by atoms with van der Waals surface area (Å²) in [6.07, 6.45) is 2.29. The number of hydrogen-bond acceptors (Lipinski definition) is 2. The van der Waals surface area contributed by atoms with Crippen LogP contribution >= 0.6 is 0 Å². The van der Waals surface area contributed by atoms with Crippen LogP contribution in [0, 0.1) is 5.82 Å². The van der Waals surface area contributed by atoms with Gasteiger partial charge in [-0.1, -0.05) is 18.2 Å². The van der Waals surface area contributed by atoms with Crippen molar-refractivity contribution in [3.8, 4) is 0 Å². The number of Topliss-reactive ketones (excluding diaryl/α,β-unsaturated/α-hetero) is 1. The lowest BCUT2D eigenvalue weighted by Gasteiger charge is -2.05. The quantitative estimate of drug-likeness (QED) is 0.805. The van der Waals surface area contributed by atoms with E-state index >= 15 is 0 Å². The third-order valence-electron chi connectivity index (χ3n) is 2.46. The molecule has 1 aromatic rings. The Labute approximate surface area is 95.7 Å². The summed E-state index contributed by atoms with van der Waals surface area (Å²) >= 11 is 0. The van der Waals surface area contributed by atoms with Crippen molar-refractivity contribution in [1.29, 1.82) is 0 Å². The Balaban J connectivity index is 2.37. The molecular weight excluding hydrogens is 205 g/mol. The molecule has 0 heterocycles. The monoisotopic (exact) mass is 223 g/mol. The van der Waals surface area contributed by atoms with Gasteiger partial charge in [0.15, 0.2) is 0 Å². The second kappa shape index (κ2) is 6.38. The maximum Gasteiger partial charge on any atom is 0.137 e. The molecule has 16 heavy (non-hydrogen) atoms. The van der Waals surface area contributed by atoms with Crippen molar-refractivity contribution in [1.82, 2.24) is 0 Å². The molecule has 0 amide bonds. The zero-order valence-corrected chi connectivity index (χ0v) is 9.58. The van der Waals surface area contributed by atoms with E-state index < -0.39 is 0 Å². The first-order valence-corrected chi connectivity index (χ1v) is 5.60. The molecule has 0 saturated carbocycles. The third-order valence-corrected chi connectivity index (χ3v) is 2.46. The third kappa shape index (κ3) is 4.53. The van der Waals surface area contributed by atoms with Gasteiger partial charge in [0, 0.05) is 18.9 Å². The molecule has 0 radical (unpaired) electrons. The van der Waals surface area contributed by atoms with Crippen molar-refractivity contribution in [3.05, 3.63) is 35.6 Å². The van der Waals surface area contributed by atoms with E-state index in [0.717, 1.165) is 12.8 Å². The predicted octanol–water partition coefficient (Wildman–Crippen LogP) is 2.45. The molecule has 0 saturated heterocycles. The van der Waals surface area contributed by atoms with Gasteiger partial charge in [0.1, 0.15) is 11.6 Å². The van der Waals surface area contributed by atoms with E-state index in [-0.39, 0.29) is 24.1 Å². The Morgan fingerprint density at radius 1 is 1.44 bits per heavy atom. The molecule has 0 aromatic heterocycles. The Kier molecular flexibility index (Phi) is 5.12. The molecule has 0 spiro atoms. The minimum absolute atomic E-state index is 0.0748. The highest BCUT2D eigenvalue weighted by Gasteiger charge is 2.07. The number of rotatable bonds is 6. The lowest BCUT2D eigenvalue weighted by atomic mass is 10.0. The van der Waals surface area contributed by atoms with Crippen molar-refractivity contribution < 1.29 is 9.18 Å². The highest BCUT2D eigenvalue weighted by atomic mass is 19.1. The first-order chi connectivity index (χ1) is 7.59. The van der Waals surface area contributed by atoms with Crippen LogP contribution in [0.1, 0.15) is 31.7 Å². The minimum atomic E-state index is -0.303. The van der Waals surface area contributed by atoms with Crippen LogP contribution < -0.4 is 5.73 Å². The molecule has 1 unspecified atom stereocenters. The number of benzene rings is 1. The molecule has 0 aliphatic heterocycles. The first-order valence-electron chi connectivity index (χ1n) is 5.60. The summed E-state index contributed by atoms with van der Waals surface area (Å²) in [7, 11) is 0. The lowest BCUT2D eigenvalue weighted by Crippen LogP contribution is -2.15. The van der Waals surface area contributed by atoms with Gasteiger partial charge in [0.05, 0.1) is 0 Å². The second-order valence-corrected chi connectivity index (χ2v) is 4.18. The van der Waals surface area contributed by atoms with E-state index in [1.165, 1.54) is 6.07 Å². The Morgan fingerprint density at radius 2 is 2.12 bits per heavy atom. The lowest BCUT2D eigenvalue weighted by molar-refractivity contribution is -0.118. The summed E-state index contributed by atoms with van der Waals surface area (Å²) in [4.78, 5) is 11.5. The van der Waals surface area contributed by atoms with Crippen molar-refractivity contribution in [2.75, 3.05) is 0 Å². The van der Waals surface area contributed by atoms with E-state index in [0.29, 0.717) is 12.0 Å². The number of carbonyl (C=O) groups excluding carboxylic acids is 1. The minimum Gasteiger partial charge on any atom is -0.328 e. The SMILES string of the molecule is CC(N)CCCC(=O)Cc1ccccc1F. The molecule has 1 rings (SSSR count). The van der Waals surface area contributed by atoms with Crippen LogP contribution in [0.4, 0.5) is 4.39 Å². The van der Waals surface area contributed by atoms with Crippen LogP contribution in [0.25, 0.3) is 0 Å². The average Bonchev–Trinajstić information content (AvgIpc) is 2.21. The van der Waals surface area contributed by atoms with Crippen LogP contribution in [0.2, 0.25) is 0 Å². The van der Waals surface area contributed by atoms with Crippen LogP contribution in [-0.2, 0) is 11.2 Å². The molecule has 0 aliphatic rings. The van der Waals surface area contributed by atoms with Crippen LogP contribution in [0.5, 0.6) is 0 Å². The van der Waals surface area contributed by atoms with E-state index in [1.54, 1.807) is 18.2 Å². The van der Waals surface area contributed by atoms with Crippen LogP contribution in [0.3, 0.4) is 0 Å². The molecule has 1 atom stereocenters. The van der Waals surface area contributed by atoms with Crippen LogP contribution in [-0.4, -0.2) is 11.8 Å². The number of nitrogens with two attached hydrogens (primary N) is 1. The van der Waals surface area contributed by atoms with E-state index in [9.17, 15) is 9.18 Å². The normalized spacial score (nSPS) is 12.4. The van der Waals surface area contributed by atoms with Gasteiger partial charge < -0.3 is 5.73 Å². The Bertz CT molecular complexity index is 350. The average molecular weight is 223 g/mol. The van der Waals surface area contributed by atoms with Gasteiger partial charge in [-0.2, -0.15) is 0 Å². The van der Waals surface area contributed by atoms with Crippen molar-refractivity contribution in [2.24, 2.45) is 5.73 Å². The summed E-state index contributed by atoms with van der Waals surface area (Å²) in [5, 5.41) is 0. The number of carbonyl (C=O) groups is 1. The van der Waals surface area contributed by atoms with E-state index in [1.807, 2.05) is 6.92 Å². The van der Waals surface area contributed by atoms with Crippen molar-refractivity contribution in [3.63, 3.8) is 0 Å². The van der Waals surface area contributed by atoms with Gasteiger partial charge in [-0.05, 0) is 31.4 Å². The smallest absolute Gasteiger partial charge is 0.137 e. The summed E-state index contributed by atoms with van der Waals surface area (Å²) in [6, 6.07) is 6.53. The first kappa shape index (κ1) is 12.8. The fourth-order valence-electron chi connectivity index (χ4n) is 1.56. The Morgan fingerprint density at radius 3 is 2.75 bits per heavy atom. The maximum absolute atomic E-state index is 13.2. The van der Waals surface area contributed by atoms with Gasteiger partial charge in [-0.3, -0.25) is 4.79 Å². The molecule has 88 valence electrons. The summed E-state index contributed by atoms with van der Waals surface area (Å²) in [5.41, 5.74) is 6.06. The molecular formula is C13H18FNO. The highest BCUT2D eigenvalue weighted by molar-refractivity contribution is 5.80. The van der Waals surface area contributed by atoms with Gasteiger partial charge in [-0.25, -0.2) is 4.39 Å². The molecule has 3 heteroatoms. The van der Waals surface area contributed by atoms with Gasteiger partial charge in [0.25, 0.3) is 0 Å². The van der Waals surface area contributed by atoms with Gasteiger partial charge in [0.2, 0.25) is 0 Å². The fraction of sp³-hybridized carbons (Fsp3) is 0.462. The standard InChI is InChI=1S/C13H18FNO/c1-10(15)5-4-7-12(16)9-11-6-2-3-8-13(11)14/h2-3,6,8,10H,4-5,7,9,15H2,1H3. The summed E-state index contributed by atoms with van der Waals surface area (Å²) < 4.78 is 13.2. The summed E-state index contributed by atoms with van der Waals surface area (Å²) in [5.74, 6) is -0.228. The zero-order valence-electron chi connectivity index (χ0n) is 9.58. The van der Waals surface area contributed by atoms with Crippen molar-refractivity contribution in [2.45, 2.75) is 38.6 Å². The number of halogens is 1. The van der Waals surface area contributed by atoms with Crippen molar-refractivity contribution >= 4 is 5.78 Å². The van der Waals surface area contributed by atoms with E-state index in [4.69, 9.17) is 5.73 Å². The topological polar surface area (TPSA) is 43.1 Å². The molecule has 0 fully saturated rings. The van der Waals surface area contributed by atoms with Gasteiger partial charge >= 0.3 is 0 Å². The second-order valence-electron chi connectivity index (χ2n) is 4.18. The Hall–Kier alpha value is -1.22. The zero-order chi connectivity index (χ0) is 12.0. The summed E-state index contributed by atoms with van der Waals surface area (Å²) in [6.45, 7) is 1.92. The molecule has 2 nitrogen and oxygen atoms in total. The molecule has 2 N–H and O–H groups in total. The largest absolute Gasteiger partial charge is 0.328 e. The molecule has 0 aliphatic carbocycles.